The molecule has 0 heterocycles. The second-order valence-corrected chi connectivity index (χ2v) is 3.36. The fourth-order valence-electron chi connectivity index (χ4n) is 1.33. The summed E-state index contributed by atoms with van der Waals surface area (Å²) in [6.45, 7) is -0.0119. The van der Waals surface area contributed by atoms with Gasteiger partial charge < -0.3 is 9.84 Å². The highest BCUT2D eigenvalue weighted by Gasteiger charge is 2.10. The molecule has 0 radical (unpaired) electrons. The number of methoxy groups -OCH3 is 1. The van der Waals surface area contributed by atoms with Gasteiger partial charge in [-0.05, 0) is 24.1 Å². The van der Waals surface area contributed by atoms with Gasteiger partial charge in [-0.2, -0.15) is 0 Å². The van der Waals surface area contributed by atoms with Crippen molar-refractivity contribution in [2.75, 3.05) is 7.11 Å². The average molecular weight is 230 g/mol. The Morgan fingerprint density at radius 3 is 2.44 bits per heavy atom. The lowest BCUT2D eigenvalue weighted by Crippen LogP contribution is -2.02. The predicted octanol–water partition coefficient (Wildman–Crippen LogP) is 2.13. The van der Waals surface area contributed by atoms with Crippen LogP contribution in [0, 0.1) is 11.6 Å². The number of carbonyl (C=O) groups is 1. The Kier molecular flexibility index (Phi) is 4.37. The molecular weight excluding hydrogens is 218 g/mol. The molecule has 0 aliphatic carbocycles. The normalized spacial score (nSPS) is 10.4. The largest absolute Gasteiger partial charge is 0.481 e. The fourth-order valence-corrected chi connectivity index (χ4v) is 1.33. The van der Waals surface area contributed by atoms with E-state index in [2.05, 4.69) is 0 Å². The number of hydrogen-bond acceptors (Lipinski definition) is 2. The van der Waals surface area contributed by atoms with E-state index in [1.165, 1.54) is 7.11 Å². The minimum atomic E-state index is -1.04. The van der Waals surface area contributed by atoms with Crippen LogP contribution in [-0.2, 0) is 22.6 Å². The Balaban J connectivity index is 2.87. The summed E-state index contributed by atoms with van der Waals surface area (Å²) in [6, 6.07) is 2.06. The third kappa shape index (κ3) is 3.27. The van der Waals surface area contributed by atoms with E-state index in [9.17, 15) is 13.6 Å². The van der Waals surface area contributed by atoms with E-state index in [0.29, 0.717) is 0 Å². The number of ether oxygens (including phenoxy) is 1. The number of hydrogen-bond donors (Lipinski definition) is 1. The van der Waals surface area contributed by atoms with Gasteiger partial charge in [0.2, 0.25) is 0 Å². The van der Waals surface area contributed by atoms with Crippen LogP contribution in [0.2, 0.25) is 0 Å². The van der Waals surface area contributed by atoms with Crippen molar-refractivity contribution in [2.45, 2.75) is 19.4 Å². The zero-order valence-electron chi connectivity index (χ0n) is 8.80. The molecule has 0 unspecified atom stereocenters. The molecule has 0 amide bonds. The Morgan fingerprint density at radius 2 is 1.88 bits per heavy atom. The molecule has 88 valence electrons. The predicted molar refractivity (Wildman–Crippen MR) is 53.0 cm³/mol. The highest BCUT2D eigenvalue weighted by atomic mass is 19.1. The fraction of sp³-hybridized carbons (Fsp3) is 0.364. The van der Waals surface area contributed by atoms with Gasteiger partial charge in [-0.3, -0.25) is 4.79 Å². The molecule has 1 aromatic carbocycles. The topological polar surface area (TPSA) is 46.5 Å². The van der Waals surface area contributed by atoms with Crippen LogP contribution in [0.5, 0.6) is 0 Å². The van der Waals surface area contributed by atoms with E-state index in [1.807, 2.05) is 0 Å². The Bertz CT molecular complexity index is 391. The van der Waals surface area contributed by atoms with Crippen molar-refractivity contribution in [1.29, 1.82) is 0 Å². The summed E-state index contributed by atoms with van der Waals surface area (Å²) >= 11 is 0. The first-order valence-corrected chi connectivity index (χ1v) is 4.72. The maximum atomic E-state index is 13.4. The van der Waals surface area contributed by atoms with Crippen molar-refractivity contribution in [1.82, 2.24) is 0 Å². The van der Waals surface area contributed by atoms with E-state index in [4.69, 9.17) is 9.84 Å². The molecule has 0 bridgehead atoms. The maximum Gasteiger partial charge on any atom is 0.303 e. The van der Waals surface area contributed by atoms with E-state index in [1.54, 1.807) is 0 Å². The van der Waals surface area contributed by atoms with Gasteiger partial charge in [0.1, 0.15) is 11.6 Å². The number of aryl methyl sites for hydroxylation is 1. The molecule has 0 saturated heterocycles. The molecule has 16 heavy (non-hydrogen) atoms. The average Bonchev–Trinajstić information content (AvgIpc) is 2.21. The number of carboxylic acids is 1. The molecule has 0 aromatic heterocycles. The summed E-state index contributed by atoms with van der Waals surface area (Å²) in [7, 11) is 1.38. The molecular formula is C11H12F2O3. The van der Waals surface area contributed by atoms with Crippen LogP contribution in [0.15, 0.2) is 12.1 Å². The van der Waals surface area contributed by atoms with Crippen molar-refractivity contribution in [3.05, 3.63) is 34.9 Å². The zero-order valence-corrected chi connectivity index (χ0v) is 8.80. The zero-order chi connectivity index (χ0) is 12.1. The Morgan fingerprint density at radius 1 is 1.31 bits per heavy atom. The van der Waals surface area contributed by atoms with Crippen LogP contribution < -0.4 is 0 Å². The lowest BCUT2D eigenvalue weighted by Gasteiger charge is -2.06. The van der Waals surface area contributed by atoms with Gasteiger partial charge in [-0.1, -0.05) is 0 Å². The lowest BCUT2D eigenvalue weighted by atomic mass is 10.1. The van der Waals surface area contributed by atoms with E-state index in [0.717, 1.165) is 12.1 Å². The van der Waals surface area contributed by atoms with E-state index in [-0.39, 0.29) is 30.6 Å². The van der Waals surface area contributed by atoms with Crippen molar-refractivity contribution in [2.24, 2.45) is 0 Å². The molecule has 0 fully saturated rings. The van der Waals surface area contributed by atoms with Gasteiger partial charge in [0, 0.05) is 19.1 Å². The van der Waals surface area contributed by atoms with Gasteiger partial charge in [-0.25, -0.2) is 8.78 Å². The molecule has 0 spiro atoms. The molecule has 0 aliphatic heterocycles. The SMILES string of the molecule is COCc1cc(F)c(CCC(=O)O)cc1F. The first-order chi connectivity index (χ1) is 7.54. The Hall–Kier alpha value is -1.49. The minimum Gasteiger partial charge on any atom is -0.481 e. The van der Waals surface area contributed by atoms with Crippen LogP contribution in [-0.4, -0.2) is 18.2 Å². The maximum absolute atomic E-state index is 13.4. The van der Waals surface area contributed by atoms with Gasteiger partial charge in [0.05, 0.1) is 6.61 Å². The molecule has 3 nitrogen and oxygen atoms in total. The van der Waals surface area contributed by atoms with Crippen LogP contribution in [0.25, 0.3) is 0 Å². The standard InChI is InChI=1S/C11H12F2O3/c1-16-6-8-5-9(12)7(4-10(8)13)2-3-11(14)15/h4-5H,2-3,6H2,1H3,(H,14,15). The summed E-state index contributed by atoms with van der Waals surface area (Å²) in [6.07, 6.45) is -0.245. The summed E-state index contributed by atoms with van der Waals surface area (Å²) in [4.78, 5) is 10.3. The monoisotopic (exact) mass is 230 g/mol. The molecule has 0 saturated carbocycles. The van der Waals surface area contributed by atoms with Crippen LogP contribution in [0.3, 0.4) is 0 Å². The van der Waals surface area contributed by atoms with Crippen LogP contribution in [0.4, 0.5) is 8.78 Å². The summed E-state index contributed by atoms with van der Waals surface area (Å²) in [5.41, 5.74) is 0.193. The Labute approximate surface area is 91.7 Å². The van der Waals surface area contributed by atoms with Gasteiger partial charge >= 0.3 is 5.97 Å². The smallest absolute Gasteiger partial charge is 0.303 e. The van der Waals surface area contributed by atoms with Gasteiger partial charge in [0.25, 0.3) is 0 Å². The third-order valence-corrected chi connectivity index (χ3v) is 2.12. The van der Waals surface area contributed by atoms with Crippen LogP contribution in [0.1, 0.15) is 17.5 Å². The summed E-state index contributed by atoms with van der Waals surface area (Å²) in [5, 5.41) is 8.44. The quantitative estimate of drug-likeness (QED) is 0.842. The van der Waals surface area contributed by atoms with Crippen molar-refractivity contribution in [3.63, 3.8) is 0 Å². The second kappa shape index (κ2) is 5.55. The molecule has 1 N–H and O–H groups in total. The summed E-state index contributed by atoms with van der Waals surface area (Å²) in [5.74, 6) is -2.22. The van der Waals surface area contributed by atoms with E-state index < -0.39 is 17.6 Å². The first kappa shape index (κ1) is 12.6. The third-order valence-electron chi connectivity index (χ3n) is 2.12. The molecule has 1 aromatic rings. The minimum absolute atomic E-state index is 0.0119. The van der Waals surface area contributed by atoms with Gasteiger partial charge in [-0.15, -0.1) is 0 Å². The highest BCUT2D eigenvalue weighted by molar-refractivity contribution is 5.67. The number of carboxylic acid groups (broad SMARTS) is 1. The summed E-state index contributed by atoms with van der Waals surface area (Å²) < 4.78 is 31.4. The van der Waals surface area contributed by atoms with Crippen molar-refractivity contribution in [3.8, 4) is 0 Å². The molecule has 5 heteroatoms. The molecule has 0 aliphatic rings. The first-order valence-electron chi connectivity index (χ1n) is 4.72. The number of benzene rings is 1. The number of rotatable bonds is 5. The second-order valence-electron chi connectivity index (χ2n) is 3.36. The van der Waals surface area contributed by atoms with Crippen molar-refractivity contribution >= 4 is 5.97 Å². The highest BCUT2D eigenvalue weighted by Crippen LogP contribution is 2.17. The van der Waals surface area contributed by atoms with Crippen molar-refractivity contribution < 1.29 is 23.4 Å². The number of halogens is 2. The molecule has 0 atom stereocenters. The van der Waals surface area contributed by atoms with Crippen LogP contribution >= 0.6 is 0 Å². The molecule has 1 rings (SSSR count). The van der Waals surface area contributed by atoms with E-state index >= 15 is 0 Å². The van der Waals surface area contributed by atoms with Gasteiger partial charge in [0.15, 0.2) is 0 Å². The lowest BCUT2D eigenvalue weighted by molar-refractivity contribution is -0.136. The number of aliphatic carboxylic acids is 1.